The summed E-state index contributed by atoms with van der Waals surface area (Å²) < 4.78 is 11.8. The minimum atomic E-state index is -0.193. The molecule has 2 amide bonds. The van der Waals surface area contributed by atoms with Crippen LogP contribution < -0.4 is 4.74 Å². The van der Waals surface area contributed by atoms with Gasteiger partial charge in [0.15, 0.2) is 0 Å². The molecule has 2 aromatic rings. The molecule has 1 aromatic carbocycles. The van der Waals surface area contributed by atoms with Gasteiger partial charge in [-0.2, -0.15) is 0 Å². The molecule has 33 heavy (non-hydrogen) atoms. The zero-order valence-electron chi connectivity index (χ0n) is 19.2. The van der Waals surface area contributed by atoms with Crippen LogP contribution in [0.15, 0.2) is 35.7 Å². The minimum Gasteiger partial charge on any atom is -0.491 e. The van der Waals surface area contributed by atoms with Crippen LogP contribution in [-0.4, -0.2) is 60.6 Å². The van der Waals surface area contributed by atoms with Gasteiger partial charge in [0.25, 0.3) is 0 Å². The Labute approximate surface area is 204 Å². The summed E-state index contributed by atoms with van der Waals surface area (Å²) in [5.74, 6) is 0.474. The quantitative estimate of drug-likeness (QED) is 0.544. The van der Waals surface area contributed by atoms with Crippen molar-refractivity contribution in [1.82, 2.24) is 9.80 Å². The van der Waals surface area contributed by atoms with E-state index in [2.05, 4.69) is 11.4 Å². The number of hydrogen-bond donors (Lipinski definition) is 0. The number of fused-ring (bicyclic) bond motifs is 1. The molecular formula is C25H31ClN2O4S. The number of nitrogens with zero attached hydrogens (tertiary/aromatic N) is 2. The van der Waals surface area contributed by atoms with Crippen molar-refractivity contribution in [1.29, 1.82) is 0 Å². The second-order valence-corrected chi connectivity index (χ2v) is 10.4. The van der Waals surface area contributed by atoms with Gasteiger partial charge in [-0.15, -0.1) is 11.3 Å². The summed E-state index contributed by atoms with van der Waals surface area (Å²) in [6.07, 6.45) is 2.75. The molecule has 0 spiro atoms. The Kier molecular flexibility index (Phi) is 7.94. The molecule has 8 heteroatoms. The molecule has 2 unspecified atom stereocenters. The lowest BCUT2D eigenvalue weighted by molar-refractivity contribution is -0.145. The van der Waals surface area contributed by atoms with Gasteiger partial charge in [-0.25, -0.2) is 0 Å². The molecule has 0 saturated carbocycles. The Morgan fingerprint density at radius 2 is 2.06 bits per heavy atom. The fourth-order valence-corrected chi connectivity index (χ4v) is 5.52. The molecule has 1 aromatic heterocycles. The van der Waals surface area contributed by atoms with Crippen molar-refractivity contribution < 1.29 is 19.1 Å². The molecule has 0 bridgehead atoms. The van der Waals surface area contributed by atoms with Crippen LogP contribution in [0.3, 0.4) is 0 Å². The standard InChI is InChI=1S/C25H31ClN2O4S/c1-17(2)25(30)27(14-20-4-3-12-31-20)15-24(29)28-11-9-23-21(10-13-33-23)22(28)16-32-19-7-5-18(26)6-8-19/h5-8,10,13,17,20,22H,3-4,9,11-12,14-16H2,1-2H3. The average molecular weight is 491 g/mol. The number of amides is 2. The van der Waals surface area contributed by atoms with Crippen molar-refractivity contribution in [2.75, 3.05) is 32.8 Å². The third-order valence-electron chi connectivity index (χ3n) is 6.22. The van der Waals surface area contributed by atoms with Crippen LogP contribution in [0.4, 0.5) is 0 Å². The van der Waals surface area contributed by atoms with Crippen LogP contribution in [0.5, 0.6) is 5.75 Å². The van der Waals surface area contributed by atoms with Crippen molar-refractivity contribution >= 4 is 34.8 Å². The summed E-state index contributed by atoms with van der Waals surface area (Å²) >= 11 is 7.70. The Morgan fingerprint density at radius 1 is 1.27 bits per heavy atom. The molecular weight excluding hydrogens is 460 g/mol. The first-order valence-corrected chi connectivity index (χ1v) is 12.8. The van der Waals surface area contributed by atoms with Crippen molar-refractivity contribution in [3.8, 4) is 5.75 Å². The highest BCUT2D eigenvalue weighted by Crippen LogP contribution is 2.34. The van der Waals surface area contributed by atoms with Gasteiger partial charge in [-0.3, -0.25) is 9.59 Å². The first-order valence-electron chi connectivity index (χ1n) is 11.6. The van der Waals surface area contributed by atoms with Crippen molar-refractivity contribution in [2.45, 2.75) is 45.3 Å². The number of halogens is 1. The van der Waals surface area contributed by atoms with Crippen LogP contribution in [0.1, 0.15) is 43.2 Å². The van der Waals surface area contributed by atoms with E-state index in [1.807, 2.05) is 30.9 Å². The topological polar surface area (TPSA) is 59.1 Å². The molecule has 1 saturated heterocycles. The minimum absolute atomic E-state index is 0.00867. The van der Waals surface area contributed by atoms with Crippen LogP contribution in [0.25, 0.3) is 0 Å². The Morgan fingerprint density at radius 3 is 2.76 bits per heavy atom. The average Bonchev–Trinajstić information content (AvgIpc) is 3.49. The third kappa shape index (κ3) is 5.89. The monoisotopic (exact) mass is 490 g/mol. The van der Waals surface area contributed by atoms with E-state index in [-0.39, 0.29) is 36.4 Å². The number of ether oxygens (including phenoxy) is 2. The molecule has 3 heterocycles. The maximum absolute atomic E-state index is 13.5. The first kappa shape index (κ1) is 24.0. The van der Waals surface area contributed by atoms with Gasteiger partial charge in [-0.05, 0) is 60.5 Å². The smallest absolute Gasteiger partial charge is 0.242 e. The van der Waals surface area contributed by atoms with E-state index in [0.29, 0.717) is 30.5 Å². The molecule has 0 aliphatic carbocycles. The molecule has 178 valence electrons. The molecule has 2 aliphatic heterocycles. The van der Waals surface area contributed by atoms with E-state index in [4.69, 9.17) is 21.1 Å². The van der Waals surface area contributed by atoms with Crippen LogP contribution in [0, 0.1) is 5.92 Å². The molecule has 0 radical (unpaired) electrons. The third-order valence-corrected chi connectivity index (χ3v) is 7.46. The second-order valence-electron chi connectivity index (χ2n) is 8.93. The molecule has 6 nitrogen and oxygen atoms in total. The van der Waals surface area contributed by atoms with Crippen molar-refractivity contribution in [3.05, 3.63) is 51.2 Å². The van der Waals surface area contributed by atoms with Crippen molar-refractivity contribution in [2.24, 2.45) is 5.92 Å². The van der Waals surface area contributed by atoms with Gasteiger partial charge in [0.05, 0.1) is 18.7 Å². The normalized spacial score (nSPS) is 20.1. The van der Waals surface area contributed by atoms with Crippen LogP contribution in [-0.2, 0) is 20.7 Å². The Balaban J connectivity index is 1.49. The van der Waals surface area contributed by atoms with E-state index in [1.165, 1.54) is 4.88 Å². The van der Waals surface area contributed by atoms with E-state index in [1.54, 1.807) is 28.4 Å². The van der Waals surface area contributed by atoms with Gasteiger partial charge >= 0.3 is 0 Å². The summed E-state index contributed by atoms with van der Waals surface area (Å²) in [5, 5.41) is 2.72. The number of carbonyl (C=O) groups excluding carboxylic acids is 2. The Hall–Kier alpha value is -2.09. The van der Waals surface area contributed by atoms with Gasteiger partial charge in [0.1, 0.15) is 12.4 Å². The summed E-state index contributed by atoms with van der Waals surface area (Å²) in [5.41, 5.74) is 1.13. The van der Waals surface area contributed by atoms with Crippen molar-refractivity contribution in [3.63, 3.8) is 0 Å². The van der Waals surface area contributed by atoms with E-state index < -0.39 is 0 Å². The lowest BCUT2D eigenvalue weighted by Crippen LogP contribution is -2.50. The number of thiophene rings is 1. The van der Waals surface area contributed by atoms with E-state index >= 15 is 0 Å². The number of rotatable bonds is 8. The molecule has 0 N–H and O–H groups in total. The number of hydrogen-bond acceptors (Lipinski definition) is 5. The number of carbonyl (C=O) groups is 2. The Bertz CT molecular complexity index is 956. The number of benzene rings is 1. The van der Waals surface area contributed by atoms with Gasteiger partial charge in [-0.1, -0.05) is 25.4 Å². The highest BCUT2D eigenvalue weighted by molar-refractivity contribution is 7.10. The summed E-state index contributed by atoms with van der Waals surface area (Å²) in [7, 11) is 0. The first-order chi connectivity index (χ1) is 15.9. The fourth-order valence-electron chi connectivity index (χ4n) is 4.47. The second kappa shape index (κ2) is 10.9. The highest BCUT2D eigenvalue weighted by Gasteiger charge is 2.34. The fraction of sp³-hybridized carbons (Fsp3) is 0.520. The predicted octanol–water partition coefficient (Wildman–Crippen LogP) is 4.57. The maximum Gasteiger partial charge on any atom is 0.242 e. The largest absolute Gasteiger partial charge is 0.491 e. The molecule has 2 aliphatic rings. The lowest BCUT2D eigenvalue weighted by atomic mass is 10.00. The summed E-state index contributed by atoms with van der Waals surface area (Å²) in [4.78, 5) is 31.3. The highest BCUT2D eigenvalue weighted by atomic mass is 35.5. The summed E-state index contributed by atoms with van der Waals surface area (Å²) in [6.45, 7) is 5.96. The summed E-state index contributed by atoms with van der Waals surface area (Å²) in [6, 6.07) is 9.13. The zero-order valence-corrected chi connectivity index (χ0v) is 20.7. The van der Waals surface area contributed by atoms with Crippen LogP contribution in [0.2, 0.25) is 5.02 Å². The predicted molar refractivity (Wildman–Crippen MR) is 130 cm³/mol. The van der Waals surface area contributed by atoms with E-state index in [9.17, 15) is 9.59 Å². The SMILES string of the molecule is CC(C)C(=O)N(CC(=O)N1CCc2sccc2C1COc1ccc(Cl)cc1)CC1CCCO1. The van der Waals surface area contributed by atoms with Gasteiger partial charge in [0, 0.05) is 35.5 Å². The van der Waals surface area contributed by atoms with Gasteiger partial charge in [0.2, 0.25) is 11.8 Å². The van der Waals surface area contributed by atoms with Crippen LogP contribution >= 0.6 is 22.9 Å². The molecule has 4 rings (SSSR count). The molecule has 2 atom stereocenters. The zero-order chi connectivity index (χ0) is 23.4. The van der Waals surface area contributed by atoms with E-state index in [0.717, 1.165) is 31.4 Å². The molecule has 1 fully saturated rings. The lowest BCUT2D eigenvalue weighted by Gasteiger charge is -2.37. The maximum atomic E-state index is 13.5. The van der Waals surface area contributed by atoms with Gasteiger partial charge < -0.3 is 19.3 Å².